The second-order valence-corrected chi connectivity index (χ2v) is 6.77. The van der Waals surface area contributed by atoms with E-state index in [1.807, 2.05) is 18.2 Å². The number of fused-ring (bicyclic) bond motifs is 2. The summed E-state index contributed by atoms with van der Waals surface area (Å²) in [5, 5.41) is 0. The molecule has 5 rings (SSSR count). The topological polar surface area (TPSA) is 68.7 Å². The van der Waals surface area contributed by atoms with Gasteiger partial charge < -0.3 is 9.47 Å². The summed E-state index contributed by atoms with van der Waals surface area (Å²) in [6.45, 7) is 0.318. The van der Waals surface area contributed by atoms with Gasteiger partial charge in [-0.3, -0.25) is 19.5 Å². The van der Waals surface area contributed by atoms with Crippen LogP contribution < -0.4 is 9.47 Å². The summed E-state index contributed by atoms with van der Waals surface area (Å²) in [6.07, 6.45) is 5.13. The third-order valence-electron chi connectivity index (χ3n) is 4.94. The summed E-state index contributed by atoms with van der Waals surface area (Å²) in [4.78, 5) is 31.7. The highest BCUT2D eigenvalue weighted by Gasteiger charge is 2.34. The maximum Gasteiger partial charge on any atom is 0.261 e. The Morgan fingerprint density at radius 2 is 1.76 bits per heavy atom. The van der Waals surface area contributed by atoms with Gasteiger partial charge in [-0.2, -0.15) is 0 Å². The normalized spacial score (nSPS) is 16.3. The summed E-state index contributed by atoms with van der Waals surface area (Å²) < 4.78 is 10.7. The van der Waals surface area contributed by atoms with E-state index in [0.717, 1.165) is 11.1 Å². The Morgan fingerprint density at radius 1 is 0.931 bits per heavy atom. The van der Waals surface area contributed by atoms with E-state index in [1.54, 1.807) is 54.9 Å². The Morgan fingerprint density at radius 3 is 2.59 bits per heavy atom. The van der Waals surface area contributed by atoms with Crippen LogP contribution >= 0.6 is 0 Å². The Bertz CT molecular complexity index is 1150. The van der Waals surface area contributed by atoms with Crippen LogP contribution in [0.15, 0.2) is 67.0 Å². The minimum Gasteiger partial charge on any atom is -0.454 e. The van der Waals surface area contributed by atoms with E-state index in [4.69, 9.17) is 9.47 Å². The molecule has 2 aliphatic rings. The fraction of sp³-hybridized carbons (Fsp3) is 0.0870. The van der Waals surface area contributed by atoms with Crippen molar-refractivity contribution in [3.63, 3.8) is 0 Å². The highest BCUT2D eigenvalue weighted by Crippen LogP contribution is 2.35. The molecular formula is C23H16N2O4. The minimum absolute atomic E-state index is 0.146. The molecule has 0 bridgehead atoms. The van der Waals surface area contributed by atoms with Gasteiger partial charge in [-0.25, -0.2) is 0 Å². The second-order valence-electron chi connectivity index (χ2n) is 6.77. The monoisotopic (exact) mass is 384 g/mol. The molecule has 0 atom stereocenters. The molecule has 1 aromatic heterocycles. The van der Waals surface area contributed by atoms with Crippen LogP contribution in [-0.4, -0.2) is 28.5 Å². The van der Waals surface area contributed by atoms with Gasteiger partial charge in [0.2, 0.25) is 6.79 Å². The molecule has 142 valence electrons. The first-order valence-corrected chi connectivity index (χ1v) is 9.16. The van der Waals surface area contributed by atoms with Crippen molar-refractivity contribution < 1.29 is 19.1 Å². The molecule has 6 nitrogen and oxygen atoms in total. The molecule has 2 amide bonds. The molecule has 0 saturated heterocycles. The molecule has 2 aliphatic heterocycles. The molecule has 29 heavy (non-hydrogen) atoms. The fourth-order valence-corrected chi connectivity index (χ4v) is 3.54. The van der Waals surface area contributed by atoms with E-state index in [2.05, 4.69) is 4.98 Å². The zero-order chi connectivity index (χ0) is 19.8. The van der Waals surface area contributed by atoms with Crippen molar-refractivity contribution in [3.8, 4) is 11.5 Å². The zero-order valence-corrected chi connectivity index (χ0v) is 15.4. The van der Waals surface area contributed by atoms with Crippen molar-refractivity contribution in [1.29, 1.82) is 0 Å². The number of hydrogen-bond donors (Lipinski definition) is 0. The van der Waals surface area contributed by atoms with E-state index >= 15 is 0 Å². The van der Waals surface area contributed by atoms with Crippen molar-refractivity contribution in [3.05, 3.63) is 89.2 Å². The number of carbonyl (C=O) groups is 2. The van der Waals surface area contributed by atoms with Crippen LogP contribution in [0.5, 0.6) is 11.5 Å². The van der Waals surface area contributed by atoms with E-state index in [-0.39, 0.29) is 25.2 Å². The van der Waals surface area contributed by atoms with Crippen LogP contribution in [0.3, 0.4) is 0 Å². The highest BCUT2D eigenvalue weighted by atomic mass is 16.7. The molecule has 0 unspecified atom stereocenters. The van der Waals surface area contributed by atoms with E-state index < -0.39 is 0 Å². The van der Waals surface area contributed by atoms with Crippen LogP contribution in [0.25, 0.3) is 11.6 Å². The number of aromatic nitrogens is 1. The summed E-state index contributed by atoms with van der Waals surface area (Å²) in [5.41, 5.74) is 3.18. The van der Waals surface area contributed by atoms with E-state index in [9.17, 15) is 9.59 Å². The Labute approximate surface area is 167 Å². The smallest absolute Gasteiger partial charge is 0.261 e. The summed E-state index contributed by atoms with van der Waals surface area (Å²) in [5.74, 6) is 0.625. The number of imide groups is 1. The molecular weight excluding hydrogens is 368 g/mol. The number of hydrogen-bond acceptors (Lipinski definition) is 5. The first-order chi connectivity index (χ1) is 14.2. The van der Waals surface area contributed by atoms with Gasteiger partial charge >= 0.3 is 0 Å². The standard InChI is InChI=1S/C23H16N2O4/c26-22-18-6-2-1-5-17(18)19(10-15-4-3-9-24-12-15)23(27)25(22)13-16-7-8-20-21(11-16)29-14-28-20/h1-12H,13-14H2/b19-10+. The number of pyridine rings is 1. The molecule has 2 aromatic carbocycles. The van der Waals surface area contributed by atoms with Gasteiger partial charge in [-0.15, -0.1) is 0 Å². The van der Waals surface area contributed by atoms with Crippen LogP contribution in [-0.2, 0) is 11.3 Å². The van der Waals surface area contributed by atoms with Crippen molar-refractivity contribution in [1.82, 2.24) is 9.88 Å². The third kappa shape index (κ3) is 3.04. The number of ether oxygens (including phenoxy) is 2. The fourth-order valence-electron chi connectivity index (χ4n) is 3.54. The van der Waals surface area contributed by atoms with Crippen molar-refractivity contribution in [2.45, 2.75) is 6.54 Å². The molecule has 6 heteroatoms. The lowest BCUT2D eigenvalue weighted by molar-refractivity contribution is -0.123. The molecule has 3 aromatic rings. The van der Waals surface area contributed by atoms with Gasteiger partial charge in [0, 0.05) is 23.5 Å². The van der Waals surface area contributed by atoms with Gasteiger partial charge in [0.1, 0.15) is 0 Å². The summed E-state index contributed by atoms with van der Waals surface area (Å²) in [7, 11) is 0. The van der Waals surface area contributed by atoms with Crippen LogP contribution in [0.1, 0.15) is 27.0 Å². The molecule has 3 heterocycles. The Balaban J connectivity index is 1.56. The van der Waals surface area contributed by atoms with Crippen molar-refractivity contribution >= 4 is 23.5 Å². The van der Waals surface area contributed by atoms with Crippen LogP contribution in [0.2, 0.25) is 0 Å². The van der Waals surface area contributed by atoms with Crippen molar-refractivity contribution in [2.24, 2.45) is 0 Å². The number of rotatable bonds is 3. The quantitative estimate of drug-likeness (QED) is 0.510. The average Bonchev–Trinajstić information content (AvgIpc) is 3.23. The molecule has 0 N–H and O–H groups in total. The Hall–Kier alpha value is -3.93. The number of benzene rings is 2. The third-order valence-corrected chi connectivity index (χ3v) is 4.94. The number of nitrogens with zero attached hydrogens (tertiary/aromatic N) is 2. The molecule has 0 saturated carbocycles. The van der Waals surface area contributed by atoms with Crippen LogP contribution in [0, 0.1) is 0 Å². The van der Waals surface area contributed by atoms with E-state index in [0.29, 0.717) is 28.2 Å². The average molecular weight is 384 g/mol. The predicted molar refractivity (Wildman–Crippen MR) is 106 cm³/mol. The molecule has 0 spiro atoms. The van der Waals surface area contributed by atoms with Gasteiger partial charge in [0.15, 0.2) is 11.5 Å². The lowest BCUT2D eigenvalue weighted by Crippen LogP contribution is -2.41. The first-order valence-electron chi connectivity index (χ1n) is 9.16. The maximum atomic E-state index is 13.3. The van der Waals surface area contributed by atoms with Gasteiger partial charge in [0.05, 0.1) is 6.54 Å². The van der Waals surface area contributed by atoms with Gasteiger partial charge in [0.25, 0.3) is 11.8 Å². The lowest BCUT2D eigenvalue weighted by Gasteiger charge is -2.28. The largest absolute Gasteiger partial charge is 0.454 e. The lowest BCUT2D eigenvalue weighted by atomic mass is 9.92. The first kappa shape index (κ1) is 17.2. The summed E-state index contributed by atoms with van der Waals surface area (Å²) >= 11 is 0. The molecule has 0 aliphatic carbocycles. The molecule has 0 fully saturated rings. The van der Waals surface area contributed by atoms with Gasteiger partial charge in [-0.1, -0.05) is 30.3 Å². The number of amides is 2. The number of carbonyl (C=O) groups excluding carboxylic acids is 2. The highest BCUT2D eigenvalue weighted by molar-refractivity contribution is 6.33. The van der Waals surface area contributed by atoms with Crippen molar-refractivity contribution in [2.75, 3.05) is 6.79 Å². The minimum atomic E-state index is -0.338. The summed E-state index contributed by atoms with van der Waals surface area (Å²) in [6, 6.07) is 16.3. The van der Waals surface area contributed by atoms with Gasteiger partial charge in [-0.05, 0) is 47.0 Å². The second kappa shape index (κ2) is 6.91. The predicted octanol–water partition coefficient (Wildman–Crippen LogP) is 3.53. The van der Waals surface area contributed by atoms with Crippen LogP contribution in [0.4, 0.5) is 0 Å². The Kier molecular flexibility index (Phi) is 4.09. The SMILES string of the molecule is O=C1/C(=C/c2cccnc2)c2ccccc2C(=O)N1Cc1ccc2c(c1)OCO2. The maximum absolute atomic E-state index is 13.3. The zero-order valence-electron chi connectivity index (χ0n) is 15.4. The molecule has 0 radical (unpaired) electrons. The van der Waals surface area contributed by atoms with E-state index in [1.165, 1.54) is 4.90 Å².